The summed E-state index contributed by atoms with van der Waals surface area (Å²) in [5.41, 5.74) is 0.901. The van der Waals surface area contributed by atoms with Crippen LogP contribution in [0, 0.1) is 11.8 Å². The van der Waals surface area contributed by atoms with E-state index in [1.807, 2.05) is 24.3 Å². The summed E-state index contributed by atoms with van der Waals surface area (Å²) >= 11 is 6.16. The van der Waals surface area contributed by atoms with Crippen molar-refractivity contribution in [2.45, 2.75) is 51.6 Å². The van der Waals surface area contributed by atoms with E-state index in [0.29, 0.717) is 10.9 Å². The minimum absolute atomic E-state index is 0.387. The van der Waals surface area contributed by atoms with Crippen molar-refractivity contribution >= 4 is 11.6 Å². The lowest BCUT2D eigenvalue weighted by Gasteiger charge is -2.31. The number of aliphatic hydroxyl groups is 1. The molecule has 0 aliphatic heterocycles. The quantitative estimate of drug-likeness (QED) is 0.815. The van der Waals surface area contributed by atoms with Crippen LogP contribution in [0.1, 0.15) is 57.1 Å². The molecule has 1 unspecified atom stereocenters. The van der Waals surface area contributed by atoms with Gasteiger partial charge in [-0.05, 0) is 36.3 Å². The molecule has 1 atom stereocenters. The van der Waals surface area contributed by atoms with Gasteiger partial charge in [-0.2, -0.15) is 0 Å². The Balaban J connectivity index is 1.95. The molecule has 1 fully saturated rings. The van der Waals surface area contributed by atoms with Gasteiger partial charge in [0.15, 0.2) is 0 Å². The van der Waals surface area contributed by atoms with Crippen molar-refractivity contribution < 1.29 is 5.11 Å². The van der Waals surface area contributed by atoms with Crippen LogP contribution in [-0.2, 0) is 0 Å². The summed E-state index contributed by atoms with van der Waals surface area (Å²) in [4.78, 5) is 0. The van der Waals surface area contributed by atoms with Gasteiger partial charge in [-0.1, -0.05) is 62.4 Å². The largest absolute Gasteiger partial charge is 0.388 e. The first-order chi connectivity index (χ1) is 8.72. The Morgan fingerprint density at radius 2 is 1.89 bits per heavy atom. The third-order valence-electron chi connectivity index (χ3n) is 4.26. The monoisotopic (exact) mass is 266 g/mol. The SMILES string of the molecule is CCCC1CCC(C(O)c2ccccc2Cl)CC1. The second-order valence-electron chi connectivity index (χ2n) is 5.54. The van der Waals surface area contributed by atoms with Crippen molar-refractivity contribution in [3.8, 4) is 0 Å². The lowest BCUT2D eigenvalue weighted by molar-refractivity contribution is 0.0723. The molecule has 100 valence electrons. The van der Waals surface area contributed by atoms with Gasteiger partial charge in [0, 0.05) is 5.02 Å². The first kappa shape index (κ1) is 13.9. The predicted octanol–water partition coefficient (Wildman–Crippen LogP) is 4.98. The molecule has 2 rings (SSSR count). The van der Waals surface area contributed by atoms with E-state index >= 15 is 0 Å². The van der Waals surface area contributed by atoms with E-state index in [2.05, 4.69) is 6.92 Å². The molecule has 0 aromatic heterocycles. The molecule has 0 bridgehead atoms. The van der Waals surface area contributed by atoms with Crippen molar-refractivity contribution in [2.24, 2.45) is 11.8 Å². The van der Waals surface area contributed by atoms with Crippen molar-refractivity contribution in [1.29, 1.82) is 0 Å². The van der Waals surface area contributed by atoms with Crippen LogP contribution in [0.15, 0.2) is 24.3 Å². The maximum atomic E-state index is 10.5. The van der Waals surface area contributed by atoms with E-state index in [1.54, 1.807) is 0 Å². The fourth-order valence-electron chi connectivity index (χ4n) is 3.17. The van der Waals surface area contributed by atoms with Crippen LogP contribution >= 0.6 is 11.6 Å². The molecule has 0 spiro atoms. The number of aliphatic hydroxyl groups excluding tert-OH is 1. The van der Waals surface area contributed by atoms with Crippen LogP contribution in [-0.4, -0.2) is 5.11 Å². The lowest BCUT2D eigenvalue weighted by Crippen LogP contribution is -2.20. The second-order valence-corrected chi connectivity index (χ2v) is 5.94. The van der Waals surface area contributed by atoms with Gasteiger partial charge in [-0.3, -0.25) is 0 Å². The molecule has 1 aromatic rings. The smallest absolute Gasteiger partial charge is 0.0832 e. The summed E-state index contributed by atoms with van der Waals surface area (Å²) in [6.45, 7) is 2.25. The zero-order valence-corrected chi connectivity index (χ0v) is 11.9. The van der Waals surface area contributed by atoms with E-state index in [-0.39, 0.29) is 6.10 Å². The van der Waals surface area contributed by atoms with Crippen molar-refractivity contribution in [1.82, 2.24) is 0 Å². The van der Waals surface area contributed by atoms with Crippen LogP contribution in [0.25, 0.3) is 0 Å². The molecular weight excluding hydrogens is 244 g/mol. The lowest BCUT2D eigenvalue weighted by atomic mass is 9.76. The standard InChI is InChI=1S/C16H23ClO/c1-2-5-12-8-10-13(11-9-12)16(18)14-6-3-4-7-15(14)17/h3-4,6-7,12-13,16,18H,2,5,8-11H2,1H3. The average molecular weight is 267 g/mol. The summed E-state index contributed by atoms with van der Waals surface area (Å²) in [7, 11) is 0. The highest BCUT2D eigenvalue weighted by Crippen LogP contribution is 2.39. The van der Waals surface area contributed by atoms with Gasteiger partial charge in [0.2, 0.25) is 0 Å². The number of hydrogen-bond donors (Lipinski definition) is 1. The van der Waals surface area contributed by atoms with Crippen LogP contribution in [0.5, 0.6) is 0 Å². The van der Waals surface area contributed by atoms with E-state index in [9.17, 15) is 5.11 Å². The summed E-state index contributed by atoms with van der Waals surface area (Å²) < 4.78 is 0. The fraction of sp³-hybridized carbons (Fsp3) is 0.625. The molecule has 1 aromatic carbocycles. The van der Waals surface area contributed by atoms with Crippen molar-refractivity contribution in [3.05, 3.63) is 34.9 Å². The number of rotatable bonds is 4. The minimum atomic E-state index is -0.388. The normalized spacial score (nSPS) is 25.9. The van der Waals surface area contributed by atoms with Crippen molar-refractivity contribution in [3.63, 3.8) is 0 Å². The molecular formula is C16H23ClO. The third kappa shape index (κ3) is 3.27. The second kappa shape index (κ2) is 6.58. The number of halogens is 1. The molecule has 0 amide bonds. The first-order valence-electron chi connectivity index (χ1n) is 7.14. The Labute approximate surface area is 115 Å². The molecule has 0 radical (unpaired) electrons. The van der Waals surface area contributed by atoms with Gasteiger partial charge in [-0.25, -0.2) is 0 Å². The number of benzene rings is 1. The van der Waals surface area contributed by atoms with Crippen LogP contribution in [0.2, 0.25) is 5.02 Å². The summed E-state index contributed by atoms with van der Waals surface area (Å²) in [6, 6.07) is 7.68. The van der Waals surface area contributed by atoms with Gasteiger partial charge in [0.1, 0.15) is 0 Å². The van der Waals surface area contributed by atoms with Gasteiger partial charge in [-0.15, -0.1) is 0 Å². The maximum absolute atomic E-state index is 10.5. The molecule has 18 heavy (non-hydrogen) atoms. The third-order valence-corrected chi connectivity index (χ3v) is 4.60. The van der Waals surface area contributed by atoms with Crippen LogP contribution in [0.3, 0.4) is 0 Å². The van der Waals surface area contributed by atoms with E-state index in [1.165, 1.54) is 25.7 Å². The fourth-order valence-corrected chi connectivity index (χ4v) is 3.42. The topological polar surface area (TPSA) is 20.2 Å². The zero-order valence-electron chi connectivity index (χ0n) is 11.1. The maximum Gasteiger partial charge on any atom is 0.0832 e. The average Bonchev–Trinajstić information content (AvgIpc) is 2.40. The van der Waals surface area contributed by atoms with Crippen LogP contribution < -0.4 is 0 Å². The molecule has 1 saturated carbocycles. The van der Waals surface area contributed by atoms with Gasteiger partial charge >= 0.3 is 0 Å². The van der Waals surface area contributed by atoms with E-state index in [4.69, 9.17) is 11.6 Å². The van der Waals surface area contributed by atoms with Gasteiger partial charge in [0.25, 0.3) is 0 Å². The number of hydrogen-bond acceptors (Lipinski definition) is 1. The van der Waals surface area contributed by atoms with E-state index in [0.717, 1.165) is 24.3 Å². The summed E-state index contributed by atoms with van der Waals surface area (Å²) in [6.07, 6.45) is 7.03. The predicted molar refractivity (Wildman–Crippen MR) is 76.8 cm³/mol. The summed E-state index contributed by atoms with van der Waals surface area (Å²) in [5.74, 6) is 1.27. The zero-order chi connectivity index (χ0) is 13.0. The molecule has 1 nitrogen and oxygen atoms in total. The molecule has 2 heteroatoms. The summed E-state index contributed by atoms with van der Waals surface area (Å²) in [5, 5.41) is 11.2. The van der Waals surface area contributed by atoms with E-state index < -0.39 is 0 Å². The Morgan fingerprint density at radius 3 is 2.50 bits per heavy atom. The van der Waals surface area contributed by atoms with Crippen LogP contribution in [0.4, 0.5) is 0 Å². The Hall–Kier alpha value is -0.530. The van der Waals surface area contributed by atoms with Crippen molar-refractivity contribution in [2.75, 3.05) is 0 Å². The van der Waals surface area contributed by atoms with Gasteiger partial charge in [0.05, 0.1) is 6.10 Å². The molecule has 0 heterocycles. The Kier molecular flexibility index (Phi) is 5.08. The Bertz CT molecular complexity index is 369. The highest BCUT2D eigenvalue weighted by Gasteiger charge is 2.27. The Morgan fingerprint density at radius 1 is 1.22 bits per heavy atom. The van der Waals surface area contributed by atoms with Gasteiger partial charge < -0.3 is 5.11 Å². The minimum Gasteiger partial charge on any atom is -0.388 e. The highest BCUT2D eigenvalue weighted by atomic mass is 35.5. The molecule has 0 saturated heterocycles. The molecule has 1 N–H and O–H groups in total. The first-order valence-corrected chi connectivity index (χ1v) is 7.52. The highest BCUT2D eigenvalue weighted by molar-refractivity contribution is 6.31. The molecule has 1 aliphatic rings. The molecule has 1 aliphatic carbocycles.